The van der Waals surface area contributed by atoms with Gasteiger partial charge in [-0.15, -0.1) is 5.92 Å². The smallest absolute Gasteiger partial charge is 0.339 e. The molecule has 50 heavy (non-hydrogen) atoms. The largest absolute Gasteiger partial charge is 0.481 e. The van der Waals surface area contributed by atoms with Gasteiger partial charge >= 0.3 is 11.9 Å². The van der Waals surface area contributed by atoms with E-state index in [0.717, 1.165) is 38.5 Å². The Hall–Kier alpha value is -3.68. The van der Waals surface area contributed by atoms with Crippen molar-refractivity contribution in [3.05, 3.63) is 42.0 Å². The van der Waals surface area contributed by atoms with Crippen LogP contribution in [0.4, 0.5) is 0 Å². The third-order valence-corrected chi connectivity index (χ3v) is 8.16. The number of hydrogen-bond donors (Lipinski definition) is 3. The lowest BCUT2D eigenvalue weighted by molar-refractivity contribution is -0.185. The van der Waals surface area contributed by atoms with Gasteiger partial charge in [0.25, 0.3) is 0 Å². The maximum absolute atomic E-state index is 13.9. The first kappa shape index (κ1) is 44.3. The van der Waals surface area contributed by atoms with E-state index in [2.05, 4.69) is 24.1 Å². The molecule has 1 aromatic carbocycles. The van der Waals surface area contributed by atoms with Crippen LogP contribution in [0.3, 0.4) is 0 Å². The minimum atomic E-state index is -2.42. The number of nitrogens with one attached hydrogen (secondary N) is 1. The average Bonchev–Trinajstić information content (AvgIpc) is 3.06. The number of ketones is 1. The van der Waals surface area contributed by atoms with Crippen molar-refractivity contribution in [2.45, 2.75) is 142 Å². The van der Waals surface area contributed by atoms with Gasteiger partial charge in [-0.2, -0.15) is 0 Å². The van der Waals surface area contributed by atoms with Crippen molar-refractivity contribution >= 4 is 23.6 Å². The van der Waals surface area contributed by atoms with Crippen molar-refractivity contribution in [1.82, 2.24) is 5.32 Å². The first-order valence-corrected chi connectivity index (χ1v) is 18.1. The lowest BCUT2D eigenvalue weighted by atomic mass is 9.82. The highest BCUT2D eigenvalue weighted by Crippen LogP contribution is 2.28. The third-order valence-electron chi connectivity index (χ3n) is 8.16. The van der Waals surface area contributed by atoms with Crippen LogP contribution in [0.25, 0.3) is 0 Å². The molecule has 1 aromatic rings. The fourth-order valence-corrected chi connectivity index (χ4v) is 5.35. The van der Waals surface area contributed by atoms with Crippen LogP contribution in [0.15, 0.2) is 36.4 Å². The van der Waals surface area contributed by atoms with Gasteiger partial charge < -0.3 is 29.7 Å². The van der Waals surface area contributed by atoms with Crippen molar-refractivity contribution in [3.63, 3.8) is 0 Å². The van der Waals surface area contributed by atoms with Crippen LogP contribution in [0.5, 0.6) is 5.75 Å². The molecular weight excluding hydrogens is 638 g/mol. The van der Waals surface area contributed by atoms with Gasteiger partial charge in [0.2, 0.25) is 5.91 Å². The van der Waals surface area contributed by atoms with E-state index in [1.54, 1.807) is 58.0 Å². The maximum atomic E-state index is 13.9. The van der Waals surface area contributed by atoms with Gasteiger partial charge in [0, 0.05) is 32.3 Å². The molecule has 10 nitrogen and oxygen atoms in total. The van der Waals surface area contributed by atoms with Crippen LogP contribution in [-0.2, 0) is 35.1 Å². The van der Waals surface area contributed by atoms with E-state index in [4.69, 9.17) is 14.2 Å². The summed E-state index contributed by atoms with van der Waals surface area (Å²) in [5, 5.41) is 24.2. The first-order chi connectivity index (χ1) is 23.8. The number of ether oxygens (including phenoxy) is 3. The molecule has 10 heteroatoms. The van der Waals surface area contributed by atoms with E-state index >= 15 is 0 Å². The molecule has 3 N–H and O–H groups in total. The molecule has 0 aliphatic rings. The van der Waals surface area contributed by atoms with Crippen LogP contribution >= 0.6 is 0 Å². The zero-order valence-corrected chi connectivity index (χ0v) is 31.2. The van der Waals surface area contributed by atoms with Gasteiger partial charge in [-0.1, -0.05) is 75.7 Å². The van der Waals surface area contributed by atoms with Crippen LogP contribution in [-0.4, -0.2) is 71.4 Å². The van der Waals surface area contributed by atoms with Gasteiger partial charge in [-0.05, 0) is 71.1 Å². The summed E-state index contributed by atoms with van der Waals surface area (Å²) in [5.74, 6) is 2.42. The summed E-state index contributed by atoms with van der Waals surface area (Å²) in [6.07, 6.45) is 13.6. The summed E-state index contributed by atoms with van der Waals surface area (Å²) in [6, 6.07) is 5.81. The fourth-order valence-electron chi connectivity index (χ4n) is 5.35. The Morgan fingerprint density at radius 2 is 1.56 bits per heavy atom. The molecule has 0 heterocycles. The molecule has 0 unspecified atom stereocenters. The number of allylic oxidation sites excluding steroid dienone is 1. The first-order valence-electron chi connectivity index (χ1n) is 18.1. The molecule has 0 aliphatic heterocycles. The van der Waals surface area contributed by atoms with Gasteiger partial charge in [0.1, 0.15) is 29.8 Å². The summed E-state index contributed by atoms with van der Waals surface area (Å²) >= 11 is 0. The van der Waals surface area contributed by atoms with E-state index < -0.39 is 54.0 Å². The second-order valence-corrected chi connectivity index (χ2v) is 13.6. The summed E-state index contributed by atoms with van der Waals surface area (Å²) in [4.78, 5) is 52.2. The minimum Gasteiger partial charge on any atom is -0.481 e. The van der Waals surface area contributed by atoms with Gasteiger partial charge in [-0.3, -0.25) is 9.59 Å². The molecule has 0 aromatic heterocycles. The van der Waals surface area contributed by atoms with Gasteiger partial charge in [0.15, 0.2) is 5.60 Å². The van der Waals surface area contributed by atoms with Crippen molar-refractivity contribution < 1.29 is 43.6 Å². The lowest BCUT2D eigenvalue weighted by Gasteiger charge is -2.34. The zero-order valence-electron chi connectivity index (χ0n) is 31.2. The summed E-state index contributed by atoms with van der Waals surface area (Å²) in [6.45, 7) is 8.44. The number of methoxy groups -OCH3 is 1. The fraction of sp³-hybridized carbons (Fsp3) is 0.650. The molecule has 0 fully saturated rings. The number of carbonyl (C=O) groups excluding carboxylic acids is 4. The molecule has 280 valence electrons. The van der Waals surface area contributed by atoms with Crippen LogP contribution in [0.1, 0.15) is 124 Å². The number of aliphatic hydroxyl groups is 2. The Morgan fingerprint density at radius 3 is 2.12 bits per heavy atom. The Morgan fingerprint density at radius 1 is 0.940 bits per heavy atom. The predicted octanol–water partition coefficient (Wildman–Crippen LogP) is 6.19. The zero-order chi connectivity index (χ0) is 37.4. The lowest BCUT2D eigenvalue weighted by Crippen LogP contribution is -2.56. The number of esters is 2. The summed E-state index contributed by atoms with van der Waals surface area (Å²) in [5.41, 5.74) is -2.69. The van der Waals surface area contributed by atoms with E-state index in [9.17, 15) is 29.4 Å². The van der Waals surface area contributed by atoms with E-state index in [-0.39, 0.29) is 13.0 Å². The Kier molecular flexibility index (Phi) is 21.7. The highest BCUT2D eigenvalue weighted by molar-refractivity contribution is 5.93. The number of rotatable bonds is 25. The Bertz CT molecular complexity index is 1260. The molecule has 0 bridgehead atoms. The normalized spacial score (nSPS) is 13.8. The highest BCUT2D eigenvalue weighted by Gasteiger charge is 2.49. The third kappa shape index (κ3) is 17.8. The van der Waals surface area contributed by atoms with Crippen molar-refractivity contribution in [1.29, 1.82) is 0 Å². The van der Waals surface area contributed by atoms with Crippen LogP contribution < -0.4 is 10.1 Å². The molecule has 0 radical (unpaired) electrons. The maximum Gasteiger partial charge on any atom is 0.339 e. The number of Topliss-reactive ketones (excluding diaryl/α,β-unsaturated/α-hetero) is 1. The topological polar surface area (TPSA) is 148 Å². The Labute approximate surface area is 299 Å². The highest BCUT2D eigenvalue weighted by atomic mass is 16.6. The van der Waals surface area contributed by atoms with Gasteiger partial charge in [0.05, 0.1) is 13.0 Å². The van der Waals surface area contributed by atoms with E-state index in [0.29, 0.717) is 36.4 Å². The SMILES string of the molecule is CC#CCOc1ccc(C[C@H](NC(=O)[C@@H](/C=C/CCCCCCC(=O)CCCCCCC)[C@](O)(CCO)C(=O)OC(C)(C)C)C(=O)OC)cc1. The standard InChI is InChI=1S/C40H61NO9/c1-7-9-11-14-17-20-32(43)21-18-15-12-13-16-19-22-34(40(47,27-28-42)38(46)50-39(3,4)5)36(44)41-35(37(45)48-6)30-31-23-25-33(26-24-31)49-29-10-8-2/h19,22-26,34-35,42,47H,7,9,11-18,20-21,27-30H2,1-6H3,(H,41,44)/b22-19+/t34-,35+,40-/m1/s1. The van der Waals surface area contributed by atoms with Crippen LogP contribution in [0, 0.1) is 17.8 Å². The van der Waals surface area contributed by atoms with E-state index in [1.807, 2.05) is 0 Å². The number of carbonyl (C=O) groups is 4. The summed E-state index contributed by atoms with van der Waals surface area (Å²) in [7, 11) is 1.21. The average molecular weight is 700 g/mol. The number of hydrogen-bond acceptors (Lipinski definition) is 9. The Balaban J connectivity index is 3.03. The van der Waals surface area contributed by atoms with E-state index in [1.165, 1.54) is 32.4 Å². The molecule has 1 amide bonds. The van der Waals surface area contributed by atoms with Crippen LogP contribution in [0.2, 0.25) is 0 Å². The number of unbranched alkanes of at least 4 members (excludes halogenated alkanes) is 8. The van der Waals surface area contributed by atoms with Crippen molar-refractivity contribution in [2.75, 3.05) is 20.3 Å². The van der Waals surface area contributed by atoms with Gasteiger partial charge in [-0.25, -0.2) is 9.59 Å². The van der Waals surface area contributed by atoms with Crippen molar-refractivity contribution in [2.24, 2.45) is 5.92 Å². The number of benzene rings is 1. The minimum absolute atomic E-state index is 0.0656. The monoisotopic (exact) mass is 699 g/mol. The molecular formula is C40H61NO9. The predicted molar refractivity (Wildman–Crippen MR) is 194 cm³/mol. The molecule has 1 rings (SSSR count). The molecule has 0 saturated carbocycles. The second-order valence-electron chi connectivity index (χ2n) is 13.6. The number of aliphatic hydroxyl groups excluding tert-OH is 1. The summed E-state index contributed by atoms with van der Waals surface area (Å²) < 4.78 is 16.0. The number of amides is 1. The van der Waals surface area contributed by atoms with Crippen molar-refractivity contribution in [3.8, 4) is 17.6 Å². The molecule has 0 spiro atoms. The molecule has 0 aliphatic carbocycles. The second kappa shape index (κ2) is 24.5. The molecule has 3 atom stereocenters. The quantitative estimate of drug-likeness (QED) is 0.0471. The molecule has 0 saturated heterocycles.